The van der Waals surface area contributed by atoms with E-state index in [1.807, 2.05) is 61.8 Å². The van der Waals surface area contributed by atoms with Gasteiger partial charge in [-0.15, -0.1) is 0 Å². The van der Waals surface area contributed by atoms with Gasteiger partial charge in [0.2, 0.25) is 5.91 Å². The molecule has 0 saturated carbocycles. The predicted octanol–water partition coefficient (Wildman–Crippen LogP) is 4.64. The van der Waals surface area contributed by atoms with E-state index >= 15 is 0 Å². The first-order valence-corrected chi connectivity index (χ1v) is 15.2. The van der Waals surface area contributed by atoms with Crippen molar-refractivity contribution in [1.82, 2.24) is 4.98 Å². The molecular weight excluding hydrogens is 444 g/mol. The molecule has 1 saturated heterocycles. The first-order chi connectivity index (χ1) is 16.3. The number of carbonyl (C=O) groups excluding carboxylic acids is 1. The van der Waals surface area contributed by atoms with E-state index in [-0.39, 0.29) is 36.2 Å². The number of hydrogen-bond donors (Lipinski definition) is 4. The number of H-pyrrole nitrogens is 1. The summed E-state index contributed by atoms with van der Waals surface area (Å²) in [6.07, 6.45) is 4.44. The molecular formula is C27H36N2O4Si. The third-order valence-corrected chi connectivity index (χ3v) is 9.62. The molecule has 0 unspecified atom stereocenters. The van der Waals surface area contributed by atoms with Crippen LogP contribution in [0.3, 0.4) is 0 Å². The summed E-state index contributed by atoms with van der Waals surface area (Å²) >= 11 is 0. The van der Waals surface area contributed by atoms with Gasteiger partial charge < -0.3 is 24.9 Å². The van der Waals surface area contributed by atoms with Crippen LogP contribution in [0.15, 0.2) is 54.7 Å². The molecule has 2 heterocycles. The number of hydrogen-bond acceptors (Lipinski definition) is 4. The van der Waals surface area contributed by atoms with E-state index in [1.54, 1.807) is 0 Å². The van der Waals surface area contributed by atoms with Crippen LogP contribution < -0.4 is 5.32 Å². The number of amides is 1. The van der Waals surface area contributed by atoms with Crippen molar-refractivity contribution in [2.45, 2.75) is 63.5 Å². The van der Waals surface area contributed by atoms with Crippen LogP contribution >= 0.6 is 0 Å². The van der Waals surface area contributed by atoms with Gasteiger partial charge in [-0.3, -0.25) is 4.79 Å². The van der Waals surface area contributed by atoms with Crippen molar-refractivity contribution in [3.05, 3.63) is 65.9 Å². The fourth-order valence-corrected chi connectivity index (χ4v) is 8.23. The van der Waals surface area contributed by atoms with Gasteiger partial charge in [0.25, 0.3) is 0 Å². The lowest BCUT2D eigenvalue weighted by atomic mass is 9.95. The number of para-hydroxylation sites is 1. The molecule has 1 fully saturated rings. The van der Waals surface area contributed by atoms with Crippen molar-refractivity contribution in [3.8, 4) is 0 Å². The SMILES string of the molecule is C[C@H]1[C@H]([Si](C)(C)O)[C@@H](CCO)O[C@H]1CCc1cccc(NC(=O)Cc2c[nH]c3ccccc23)c1. The Morgan fingerprint density at radius 3 is 2.68 bits per heavy atom. The first-order valence-electron chi connectivity index (χ1n) is 12.2. The van der Waals surface area contributed by atoms with E-state index in [9.17, 15) is 14.7 Å². The minimum Gasteiger partial charge on any atom is -0.432 e. The van der Waals surface area contributed by atoms with Gasteiger partial charge in [-0.1, -0.05) is 37.3 Å². The minimum absolute atomic E-state index is 0.0422. The Bertz CT molecular complexity index is 1120. The van der Waals surface area contributed by atoms with E-state index in [0.717, 1.165) is 40.6 Å². The van der Waals surface area contributed by atoms with Crippen LogP contribution in [0.25, 0.3) is 10.9 Å². The number of fused-ring (bicyclic) bond motifs is 1. The molecule has 3 aromatic rings. The fourth-order valence-electron chi connectivity index (χ4n) is 5.58. The number of aryl methyl sites for hydroxylation is 1. The molecule has 6 nitrogen and oxygen atoms in total. The van der Waals surface area contributed by atoms with Gasteiger partial charge in [0.1, 0.15) is 0 Å². The molecule has 1 aliphatic rings. The maximum Gasteiger partial charge on any atom is 0.228 e. The Kier molecular flexibility index (Phi) is 7.57. The van der Waals surface area contributed by atoms with Crippen molar-refractivity contribution in [2.75, 3.05) is 11.9 Å². The number of ether oxygens (including phenoxy) is 1. The third kappa shape index (κ3) is 5.60. The number of rotatable bonds is 9. The lowest BCUT2D eigenvalue weighted by molar-refractivity contribution is -0.115. The number of anilines is 1. The summed E-state index contributed by atoms with van der Waals surface area (Å²) < 4.78 is 6.31. The van der Waals surface area contributed by atoms with Crippen molar-refractivity contribution < 1.29 is 19.4 Å². The van der Waals surface area contributed by atoms with Gasteiger partial charge in [-0.2, -0.15) is 0 Å². The molecule has 1 aliphatic heterocycles. The first kappa shape index (κ1) is 24.7. The van der Waals surface area contributed by atoms with E-state index in [0.29, 0.717) is 12.8 Å². The van der Waals surface area contributed by atoms with Gasteiger partial charge in [-0.05, 0) is 67.6 Å². The average Bonchev–Trinajstić information content (AvgIpc) is 3.33. The number of aromatic nitrogens is 1. The number of aliphatic hydroxyl groups excluding tert-OH is 1. The summed E-state index contributed by atoms with van der Waals surface area (Å²) in [4.78, 5) is 26.7. The monoisotopic (exact) mass is 480 g/mol. The second-order valence-corrected chi connectivity index (χ2v) is 14.1. The minimum atomic E-state index is -2.40. The number of carbonyl (C=O) groups is 1. The molecule has 0 bridgehead atoms. The molecule has 34 heavy (non-hydrogen) atoms. The zero-order valence-electron chi connectivity index (χ0n) is 20.3. The van der Waals surface area contributed by atoms with Crippen molar-refractivity contribution in [1.29, 1.82) is 0 Å². The van der Waals surface area contributed by atoms with Gasteiger partial charge >= 0.3 is 0 Å². The van der Waals surface area contributed by atoms with Crippen LogP contribution in [-0.2, 0) is 22.4 Å². The third-order valence-electron chi connectivity index (χ3n) is 7.09. The van der Waals surface area contributed by atoms with Crippen LogP contribution in [0.4, 0.5) is 5.69 Å². The number of aromatic amines is 1. The summed E-state index contributed by atoms with van der Waals surface area (Å²) in [5, 5.41) is 13.6. The van der Waals surface area contributed by atoms with Crippen LogP contribution in [-0.4, -0.2) is 47.9 Å². The lowest BCUT2D eigenvalue weighted by Gasteiger charge is -2.30. The van der Waals surface area contributed by atoms with E-state index in [2.05, 4.69) is 23.3 Å². The second-order valence-electron chi connectivity index (χ2n) is 10.1. The Balaban J connectivity index is 1.36. The Labute approximate surface area is 202 Å². The zero-order chi connectivity index (χ0) is 24.3. The highest BCUT2D eigenvalue weighted by atomic mass is 28.4. The summed E-state index contributed by atoms with van der Waals surface area (Å²) in [6, 6.07) is 16.0. The molecule has 182 valence electrons. The molecule has 4 rings (SSSR count). The number of benzene rings is 2. The molecule has 0 radical (unpaired) electrons. The molecule has 2 aromatic carbocycles. The maximum atomic E-state index is 12.7. The lowest BCUT2D eigenvalue weighted by Crippen LogP contribution is -2.40. The molecule has 4 atom stereocenters. The summed E-state index contributed by atoms with van der Waals surface area (Å²) in [6.45, 7) is 6.17. The normalized spacial score (nSPS) is 22.9. The number of aliphatic hydroxyl groups is 1. The highest BCUT2D eigenvalue weighted by Gasteiger charge is 2.49. The predicted molar refractivity (Wildman–Crippen MR) is 138 cm³/mol. The Morgan fingerprint density at radius 1 is 1.12 bits per heavy atom. The highest BCUT2D eigenvalue weighted by Crippen LogP contribution is 2.45. The van der Waals surface area contributed by atoms with Gasteiger partial charge in [-0.25, -0.2) is 0 Å². The number of nitrogens with one attached hydrogen (secondary N) is 2. The molecule has 1 amide bonds. The highest BCUT2D eigenvalue weighted by molar-refractivity contribution is 6.71. The van der Waals surface area contributed by atoms with Crippen molar-refractivity contribution in [2.24, 2.45) is 5.92 Å². The fraction of sp³-hybridized carbons (Fsp3) is 0.444. The molecule has 0 aliphatic carbocycles. The standard InChI is InChI=1S/C27H36N2O4Si/c1-18-24(33-25(13-14-30)27(18)34(2,3)32)12-11-19-7-6-8-21(15-19)29-26(31)16-20-17-28-23-10-5-4-9-22(20)23/h4-10,15,17-18,24-25,27-28,30,32H,11-14,16H2,1-3H3,(H,29,31)/t18-,24+,25-,27+/m1/s1. The summed E-state index contributed by atoms with van der Waals surface area (Å²) in [5.41, 5.74) is 4.08. The molecule has 7 heteroatoms. The van der Waals surface area contributed by atoms with Crippen molar-refractivity contribution >= 4 is 30.8 Å². The summed E-state index contributed by atoms with van der Waals surface area (Å²) in [5.74, 6) is 0.210. The van der Waals surface area contributed by atoms with Crippen LogP contribution in [0.5, 0.6) is 0 Å². The zero-order valence-corrected chi connectivity index (χ0v) is 21.3. The van der Waals surface area contributed by atoms with E-state index < -0.39 is 8.32 Å². The quantitative estimate of drug-likeness (QED) is 0.336. The van der Waals surface area contributed by atoms with E-state index in [1.165, 1.54) is 0 Å². The molecule has 0 spiro atoms. The average molecular weight is 481 g/mol. The Hall–Kier alpha value is -2.45. The van der Waals surface area contributed by atoms with Gasteiger partial charge in [0.05, 0.1) is 18.6 Å². The molecule has 1 aromatic heterocycles. The van der Waals surface area contributed by atoms with Crippen LogP contribution in [0.1, 0.15) is 30.9 Å². The smallest absolute Gasteiger partial charge is 0.228 e. The van der Waals surface area contributed by atoms with Crippen LogP contribution in [0, 0.1) is 5.92 Å². The maximum absolute atomic E-state index is 12.7. The topological polar surface area (TPSA) is 94.6 Å². The van der Waals surface area contributed by atoms with Crippen molar-refractivity contribution in [3.63, 3.8) is 0 Å². The van der Waals surface area contributed by atoms with E-state index in [4.69, 9.17) is 4.74 Å². The Morgan fingerprint density at radius 2 is 1.91 bits per heavy atom. The summed E-state index contributed by atoms with van der Waals surface area (Å²) in [7, 11) is -2.40. The van der Waals surface area contributed by atoms with Gasteiger partial charge in [0.15, 0.2) is 8.32 Å². The van der Waals surface area contributed by atoms with Gasteiger partial charge in [0, 0.05) is 34.9 Å². The largest absolute Gasteiger partial charge is 0.432 e. The van der Waals surface area contributed by atoms with Crippen LogP contribution in [0.2, 0.25) is 18.6 Å². The molecule has 4 N–H and O–H groups in total. The second kappa shape index (κ2) is 10.4.